The highest BCUT2D eigenvalue weighted by atomic mass is 16.2. The van der Waals surface area contributed by atoms with E-state index in [-0.39, 0.29) is 31.7 Å². The van der Waals surface area contributed by atoms with Crippen molar-refractivity contribution in [2.75, 3.05) is 11.4 Å². The predicted octanol–water partition coefficient (Wildman–Crippen LogP) is 2.69. The van der Waals surface area contributed by atoms with Crippen LogP contribution in [0.1, 0.15) is 38.2 Å². The van der Waals surface area contributed by atoms with Gasteiger partial charge in [-0.1, -0.05) is 48.5 Å². The quantitative estimate of drug-likeness (QED) is 0.527. The van der Waals surface area contributed by atoms with Gasteiger partial charge in [0.2, 0.25) is 11.8 Å². The summed E-state index contributed by atoms with van der Waals surface area (Å²) >= 11 is 0. The lowest BCUT2D eigenvalue weighted by molar-refractivity contribution is -0.139. The summed E-state index contributed by atoms with van der Waals surface area (Å²) in [7, 11) is 0. The number of carbonyl (C=O) groups is 4. The van der Waals surface area contributed by atoms with Crippen LogP contribution in [0.4, 0.5) is 10.5 Å². The predicted molar refractivity (Wildman–Crippen MR) is 125 cm³/mol. The molecule has 2 aromatic rings. The van der Waals surface area contributed by atoms with E-state index in [1.54, 1.807) is 31.2 Å². The Morgan fingerprint density at radius 3 is 2.35 bits per heavy atom. The van der Waals surface area contributed by atoms with Crippen molar-refractivity contribution in [3.63, 3.8) is 0 Å². The van der Waals surface area contributed by atoms with E-state index in [0.717, 1.165) is 5.56 Å². The number of amides is 5. The Balaban J connectivity index is 1.55. The van der Waals surface area contributed by atoms with Crippen LogP contribution in [0.5, 0.6) is 0 Å². The number of nitriles is 1. The Labute approximate surface area is 198 Å². The molecule has 1 aliphatic rings. The second-order valence-electron chi connectivity index (χ2n) is 8.21. The average Bonchev–Trinajstić information content (AvgIpc) is 3.06. The molecule has 2 N–H and O–H groups in total. The fraction of sp³-hybridized carbons (Fsp3) is 0.320. The highest BCUT2D eigenvalue weighted by Crippen LogP contribution is 2.22. The number of nitrogens with zero attached hydrogens (tertiary/aromatic N) is 3. The first-order chi connectivity index (χ1) is 16.3. The van der Waals surface area contributed by atoms with Gasteiger partial charge in [0.25, 0.3) is 5.91 Å². The summed E-state index contributed by atoms with van der Waals surface area (Å²) in [4.78, 5) is 51.9. The van der Waals surface area contributed by atoms with Crippen molar-refractivity contribution in [1.82, 2.24) is 15.8 Å². The lowest BCUT2D eigenvalue weighted by atomic mass is 9.93. The standard InChI is InChI=1S/C25H27N5O4/c1-25(16-15-19-9-4-2-5-10-19)23(33)30(24(34)27-25)28-21(31)13-14-22(32)29(18-8-17-26)20-11-6-3-7-12-20/h2-7,9-12H,8,13-16,18H2,1H3,(H,27,34)(H,28,31). The molecule has 34 heavy (non-hydrogen) atoms. The van der Waals surface area contributed by atoms with Crippen LogP contribution >= 0.6 is 0 Å². The first kappa shape index (κ1) is 24.5. The van der Waals surface area contributed by atoms with Crippen LogP contribution < -0.4 is 15.6 Å². The number of hydrazine groups is 1. The third kappa shape index (κ3) is 5.98. The number of anilines is 1. The summed E-state index contributed by atoms with van der Waals surface area (Å²) in [5, 5.41) is 12.2. The zero-order valence-corrected chi connectivity index (χ0v) is 19.0. The third-order valence-corrected chi connectivity index (χ3v) is 5.64. The first-order valence-electron chi connectivity index (χ1n) is 11.1. The smallest absolute Gasteiger partial charge is 0.322 e. The van der Waals surface area contributed by atoms with Gasteiger partial charge in [-0.05, 0) is 37.5 Å². The molecule has 2 aromatic carbocycles. The van der Waals surface area contributed by atoms with Gasteiger partial charge < -0.3 is 10.2 Å². The van der Waals surface area contributed by atoms with Gasteiger partial charge in [-0.3, -0.25) is 19.8 Å². The molecule has 3 rings (SSSR count). The van der Waals surface area contributed by atoms with E-state index in [4.69, 9.17) is 5.26 Å². The van der Waals surface area contributed by atoms with Crippen molar-refractivity contribution in [3.05, 3.63) is 66.2 Å². The second kappa shape index (κ2) is 11.1. The lowest BCUT2D eigenvalue weighted by Crippen LogP contribution is -2.49. The Morgan fingerprint density at radius 1 is 1.06 bits per heavy atom. The number of rotatable bonds is 10. The van der Waals surface area contributed by atoms with Crippen LogP contribution in [-0.4, -0.2) is 40.8 Å². The van der Waals surface area contributed by atoms with E-state index in [0.29, 0.717) is 23.5 Å². The normalized spacial score (nSPS) is 17.1. The number of urea groups is 1. The number of hydrogen-bond acceptors (Lipinski definition) is 5. The molecule has 5 amide bonds. The van der Waals surface area contributed by atoms with E-state index in [1.807, 2.05) is 42.5 Å². The Bertz CT molecular complexity index is 1080. The second-order valence-corrected chi connectivity index (χ2v) is 8.21. The number of para-hydroxylation sites is 1. The molecule has 0 aliphatic carbocycles. The monoisotopic (exact) mass is 461 g/mol. The molecular weight excluding hydrogens is 434 g/mol. The van der Waals surface area contributed by atoms with Gasteiger partial charge in [0.05, 0.1) is 12.5 Å². The Kier molecular flexibility index (Phi) is 7.98. The van der Waals surface area contributed by atoms with Crippen molar-refractivity contribution >= 4 is 29.4 Å². The van der Waals surface area contributed by atoms with Crippen molar-refractivity contribution < 1.29 is 19.2 Å². The number of imide groups is 1. The van der Waals surface area contributed by atoms with Gasteiger partial charge in [-0.2, -0.15) is 10.3 Å². The van der Waals surface area contributed by atoms with Crippen LogP contribution in [0.25, 0.3) is 0 Å². The van der Waals surface area contributed by atoms with E-state index >= 15 is 0 Å². The molecule has 1 fully saturated rings. The first-order valence-corrected chi connectivity index (χ1v) is 11.1. The van der Waals surface area contributed by atoms with Gasteiger partial charge in [0.15, 0.2) is 0 Å². The van der Waals surface area contributed by atoms with Crippen LogP contribution in [0.3, 0.4) is 0 Å². The minimum atomic E-state index is -1.14. The summed E-state index contributed by atoms with van der Waals surface area (Å²) < 4.78 is 0. The molecule has 176 valence electrons. The van der Waals surface area contributed by atoms with Crippen LogP contribution in [0, 0.1) is 11.3 Å². The maximum Gasteiger partial charge on any atom is 0.344 e. The van der Waals surface area contributed by atoms with E-state index in [2.05, 4.69) is 10.7 Å². The zero-order chi connectivity index (χ0) is 24.6. The van der Waals surface area contributed by atoms with Gasteiger partial charge in [0.1, 0.15) is 5.54 Å². The maximum atomic E-state index is 12.9. The Morgan fingerprint density at radius 2 is 1.71 bits per heavy atom. The van der Waals surface area contributed by atoms with Crippen molar-refractivity contribution in [3.8, 4) is 6.07 Å². The fourth-order valence-corrected chi connectivity index (χ4v) is 3.70. The molecule has 9 heteroatoms. The topological polar surface area (TPSA) is 123 Å². The molecule has 1 unspecified atom stereocenters. The van der Waals surface area contributed by atoms with Crippen LogP contribution in [0.15, 0.2) is 60.7 Å². The summed E-state index contributed by atoms with van der Waals surface area (Å²) in [6.45, 7) is 1.83. The molecule has 1 aliphatic heterocycles. The molecule has 0 bridgehead atoms. The Hall–Kier alpha value is -4.19. The SMILES string of the molecule is CC1(CCc2ccccc2)NC(=O)N(NC(=O)CCC(=O)N(CCC#N)c2ccccc2)C1=O. The minimum absolute atomic E-state index is 0.138. The largest absolute Gasteiger partial charge is 0.344 e. The van der Waals surface area contributed by atoms with Gasteiger partial charge in [-0.25, -0.2) is 4.79 Å². The highest BCUT2D eigenvalue weighted by Gasteiger charge is 2.48. The maximum absolute atomic E-state index is 12.9. The van der Waals surface area contributed by atoms with Crippen LogP contribution in [0.2, 0.25) is 0 Å². The fourth-order valence-electron chi connectivity index (χ4n) is 3.70. The summed E-state index contributed by atoms with van der Waals surface area (Å²) in [6, 6.07) is 19.8. The number of benzene rings is 2. The zero-order valence-electron chi connectivity index (χ0n) is 19.0. The molecule has 1 heterocycles. The molecule has 1 saturated heterocycles. The summed E-state index contributed by atoms with van der Waals surface area (Å²) in [6.07, 6.45) is 0.749. The molecule has 1 atom stereocenters. The average molecular weight is 462 g/mol. The molecular formula is C25H27N5O4. The third-order valence-electron chi connectivity index (χ3n) is 5.64. The lowest BCUT2D eigenvalue weighted by Gasteiger charge is -2.22. The highest BCUT2D eigenvalue weighted by molar-refractivity contribution is 6.07. The summed E-state index contributed by atoms with van der Waals surface area (Å²) in [5.74, 6) is -1.51. The van der Waals surface area contributed by atoms with Gasteiger partial charge >= 0.3 is 6.03 Å². The summed E-state index contributed by atoms with van der Waals surface area (Å²) in [5.41, 5.74) is 2.84. The minimum Gasteiger partial charge on any atom is -0.322 e. The molecule has 9 nitrogen and oxygen atoms in total. The number of hydrogen-bond donors (Lipinski definition) is 2. The molecule has 0 saturated carbocycles. The number of aryl methyl sites for hydroxylation is 1. The van der Waals surface area contributed by atoms with Gasteiger partial charge in [0, 0.05) is 25.1 Å². The van der Waals surface area contributed by atoms with Crippen LogP contribution in [-0.2, 0) is 20.8 Å². The van der Waals surface area contributed by atoms with Gasteiger partial charge in [-0.15, -0.1) is 0 Å². The van der Waals surface area contributed by atoms with E-state index in [1.165, 1.54) is 4.90 Å². The van der Waals surface area contributed by atoms with Crippen molar-refractivity contribution in [2.24, 2.45) is 0 Å². The van der Waals surface area contributed by atoms with E-state index in [9.17, 15) is 19.2 Å². The molecule has 0 spiro atoms. The van der Waals surface area contributed by atoms with E-state index < -0.39 is 23.4 Å². The molecule has 0 radical (unpaired) electrons. The van der Waals surface area contributed by atoms with Crippen molar-refractivity contribution in [1.29, 1.82) is 5.26 Å². The number of nitrogens with one attached hydrogen (secondary N) is 2. The molecule has 0 aromatic heterocycles. The number of carbonyl (C=O) groups excluding carboxylic acids is 4. The van der Waals surface area contributed by atoms with Crippen molar-refractivity contribution in [2.45, 2.75) is 44.6 Å².